The Hall–Kier alpha value is -2.69. The Balaban J connectivity index is 0.000000164. The van der Waals surface area contributed by atoms with Crippen LogP contribution in [0.3, 0.4) is 0 Å². The van der Waals surface area contributed by atoms with Gasteiger partial charge in [-0.15, -0.1) is 0 Å². The fraction of sp³-hybridized carbons (Fsp3) is 0.889. The first-order chi connectivity index (χ1) is 26.0. The topological polar surface area (TPSA) is 152 Å². The highest BCUT2D eigenvalue weighted by molar-refractivity contribution is 5.80. The molecule has 0 aromatic heterocycles. The van der Waals surface area contributed by atoms with Crippen LogP contribution in [0.1, 0.15) is 172 Å². The molecule has 0 aromatic carbocycles. The molecule has 11 heteroatoms. The van der Waals surface area contributed by atoms with Gasteiger partial charge < -0.3 is 28.8 Å². The molecule has 7 aliphatic carbocycles. The van der Waals surface area contributed by atoms with Crippen molar-refractivity contribution < 1.29 is 52.8 Å². The maximum atomic E-state index is 12.4. The first-order valence-corrected chi connectivity index (χ1v) is 21.8. The lowest BCUT2D eigenvalue weighted by molar-refractivity contribution is -0.225. The number of aliphatic hydroxyl groups is 1. The first kappa shape index (κ1) is 44.4. The van der Waals surface area contributed by atoms with E-state index >= 15 is 0 Å². The van der Waals surface area contributed by atoms with Gasteiger partial charge in [0.2, 0.25) is 0 Å². The molecule has 8 fully saturated rings. The van der Waals surface area contributed by atoms with Gasteiger partial charge in [-0.25, -0.2) is 4.79 Å². The van der Waals surface area contributed by atoms with Crippen LogP contribution < -0.4 is 0 Å². The summed E-state index contributed by atoms with van der Waals surface area (Å²) in [5.41, 5.74) is -2.40. The number of fused-ring (bicyclic) bond motifs is 1. The number of carbonyl (C=O) groups excluding carboxylic acids is 5. The molecular formula is C45H72O11. The van der Waals surface area contributed by atoms with E-state index < -0.39 is 28.4 Å². The van der Waals surface area contributed by atoms with E-state index in [0.29, 0.717) is 24.7 Å². The van der Waals surface area contributed by atoms with Crippen molar-refractivity contribution in [3.05, 3.63) is 0 Å². The smallest absolute Gasteiger partial charge is 0.344 e. The summed E-state index contributed by atoms with van der Waals surface area (Å²) in [5.74, 6) is 0.252. The van der Waals surface area contributed by atoms with Gasteiger partial charge in [0.1, 0.15) is 23.4 Å². The van der Waals surface area contributed by atoms with Crippen molar-refractivity contribution >= 4 is 29.8 Å². The Labute approximate surface area is 335 Å². The number of esters is 5. The highest BCUT2D eigenvalue weighted by Gasteiger charge is 2.63. The van der Waals surface area contributed by atoms with Crippen molar-refractivity contribution in [2.45, 2.75) is 201 Å². The summed E-state index contributed by atoms with van der Waals surface area (Å²) in [5, 5.41) is 10.6. The van der Waals surface area contributed by atoms with E-state index in [1.54, 1.807) is 13.8 Å². The van der Waals surface area contributed by atoms with E-state index in [-0.39, 0.29) is 71.1 Å². The van der Waals surface area contributed by atoms with Crippen molar-refractivity contribution in [1.29, 1.82) is 0 Å². The highest BCUT2D eigenvalue weighted by Crippen LogP contribution is 2.59. The van der Waals surface area contributed by atoms with Crippen LogP contribution in [-0.2, 0) is 47.7 Å². The lowest BCUT2D eigenvalue weighted by atomic mass is 9.52. The van der Waals surface area contributed by atoms with Crippen molar-refractivity contribution in [3.8, 4) is 0 Å². The minimum atomic E-state index is -0.610. The Morgan fingerprint density at radius 1 is 0.750 bits per heavy atom. The third-order valence-electron chi connectivity index (χ3n) is 15.1. The fourth-order valence-corrected chi connectivity index (χ4v) is 10.5. The maximum Gasteiger partial charge on any atom is 0.344 e. The average Bonchev–Trinajstić information content (AvgIpc) is 3.90. The molecule has 7 unspecified atom stereocenters. The van der Waals surface area contributed by atoms with Gasteiger partial charge >= 0.3 is 29.8 Å². The molecule has 56 heavy (non-hydrogen) atoms. The van der Waals surface area contributed by atoms with Crippen LogP contribution in [0.15, 0.2) is 0 Å². The second-order valence-electron chi connectivity index (χ2n) is 20.5. The van der Waals surface area contributed by atoms with Crippen molar-refractivity contribution in [3.63, 3.8) is 0 Å². The number of hydrogen-bond acceptors (Lipinski definition) is 11. The van der Waals surface area contributed by atoms with Gasteiger partial charge in [0.25, 0.3) is 0 Å². The zero-order valence-corrected chi connectivity index (χ0v) is 36.1. The quantitative estimate of drug-likeness (QED) is 0.151. The van der Waals surface area contributed by atoms with E-state index in [0.717, 1.165) is 70.6 Å². The summed E-state index contributed by atoms with van der Waals surface area (Å²) in [6.07, 6.45) is 14.3. The van der Waals surface area contributed by atoms with Crippen LogP contribution in [0.25, 0.3) is 0 Å². The molecular weight excluding hydrogens is 716 g/mol. The van der Waals surface area contributed by atoms with E-state index in [1.165, 1.54) is 19.3 Å². The predicted octanol–water partition coefficient (Wildman–Crippen LogP) is 8.20. The van der Waals surface area contributed by atoms with E-state index in [1.807, 2.05) is 48.5 Å². The molecule has 0 radical (unpaired) electrons. The summed E-state index contributed by atoms with van der Waals surface area (Å²) in [6, 6.07) is 0. The van der Waals surface area contributed by atoms with Crippen LogP contribution in [0.4, 0.5) is 0 Å². The predicted molar refractivity (Wildman–Crippen MR) is 209 cm³/mol. The number of hydrogen-bond donors (Lipinski definition) is 1. The van der Waals surface area contributed by atoms with Gasteiger partial charge in [0, 0.05) is 18.3 Å². The molecule has 7 atom stereocenters. The molecule has 1 aliphatic heterocycles. The largest absolute Gasteiger partial charge is 0.459 e. The van der Waals surface area contributed by atoms with Crippen LogP contribution in [-0.4, -0.2) is 70.6 Å². The average molecular weight is 789 g/mol. The van der Waals surface area contributed by atoms with E-state index in [2.05, 4.69) is 6.92 Å². The summed E-state index contributed by atoms with van der Waals surface area (Å²) >= 11 is 0. The minimum absolute atomic E-state index is 0.00636. The highest BCUT2D eigenvalue weighted by atomic mass is 16.6. The normalized spacial score (nSPS) is 34.4. The molecule has 0 spiro atoms. The second kappa shape index (κ2) is 16.5. The van der Waals surface area contributed by atoms with Gasteiger partial charge in [0.05, 0.1) is 27.8 Å². The van der Waals surface area contributed by atoms with Crippen LogP contribution in [0, 0.1) is 45.8 Å². The van der Waals surface area contributed by atoms with E-state index in [9.17, 15) is 29.1 Å². The zero-order chi connectivity index (χ0) is 41.5. The van der Waals surface area contributed by atoms with Crippen LogP contribution in [0.5, 0.6) is 0 Å². The molecule has 6 bridgehead atoms. The molecule has 7 saturated carbocycles. The standard InChI is InChI=1S/C16H22O6.C16H26O3.C13H24O2/c1-4-16(2,3)15(19)20-7-11(17)21-12-8-5-9-10(6-8)14(18)22-13(9)12;1-4-14(2,3)13(17)19-16-8-11-5-12(9-16)7-15(18,6-11)10-16;1-5-12(3,4)11(14)15-13(6-2)9-7-8-10-13/h8-10,12-13H,4-7H2,1-3H3;11-12,18H,4-10H2,1-3H3;5-10H2,1-4H3. The SMILES string of the molecule is CCC(C)(C)C(=O)OC12CC3CC(CC(O)(C3)C1)C2.CCC(C)(C)C(=O)OCC(=O)OC1C2CC3C(=O)OC1C3C2.CCC1(OC(=O)C(C)(C)CC)CCCC1. The minimum Gasteiger partial charge on any atom is -0.459 e. The van der Waals surface area contributed by atoms with Gasteiger partial charge in [0.15, 0.2) is 6.61 Å². The lowest BCUT2D eigenvalue weighted by Gasteiger charge is -2.59. The Morgan fingerprint density at radius 2 is 1.29 bits per heavy atom. The molecule has 0 amide bonds. The molecule has 318 valence electrons. The number of ether oxygens (including phenoxy) is 5. The van der Waals surface area contributed by atoms with Gasteiger partial charge in [-0.1, -0.05) is 27.7 Å². The Kier molecular flexibility index (Phi) is 13.1. The molecule has 1 saturated heterocycles. The van der Waals surface area contributed by atoms with Gasteiger partial charge in [-0.3, -0.25) is 19.2 Å². The van der Waals surface area contributed by atoms with Crippen LogP contribution >= 0.6 is 0 Å². The lowest BCUT2D eigenvalue weighted by Crippen LogP contribution is -2.61. The molecule has 11 nitrogen and oxygen atoms in total. The number of carbonyl (C=O) groups is 5. The molecule has 1 N–H and O–H groups in total. The van der Waals surface area contributed by atoms with Crippen molar-refractivity contribution in [2.75, 3.05) is 6.61 Å². The third-order valence-corrected chi connectivity index (χ3v) is 15.1. The first-order valence-electron chi connectivity index (χ1n) is 21.8. The van der Waals surface area contributed by atoms with Gasteiger partial charge in [-0.05, 0) is 150 Å². The summed E-state index contributed by atoms with van der Waals surface area (Å²) in [7, 11) is 0. The van der Waals surface area contributed by atoms with Crippen molar-refractivity contribution in [1.82, 2.24) is 0 Å². The third kappa shape index (κ3) is 9.44. The fourth-order valence-electron chi connectivity index (χ4n) is 10.5. The Morgan fingerprint density at radius 3 is 1.80 bits per heavy atom. The van der Waals surface area contributed by atoms with E-state index in [4.69, 9.17) is 23.7 Å². The number of rotatable bonds is 12. The zero-order valence-electron chi connectivity index (χ0n) is 36.1. The Bertz CT molecular complexity index is 1460. The second-order valence-corrected chi connectivity index (χ2v) is 20.5. The maximum absolute atomic E-state index is 12.4. The molecule has 1 heterocycles. The monoisotopic (exact) mass is 789 g/mol. The summed E-state index contributed by atoms with van der Waals surface area (Å²) in [4.78, 5) is 59.8. The molecule has 0 aromatic rings. The summed E-state index contributed by atoms with van der Waals surface area (Å²) in [6.45, 7) is 19.1. The summed E-state index contributed by atoms with van der Waals surface area (Å²) < 4.78 is 27.5. The van der Waals surface area contributed by atoms with Crippen molar-refractivity contribution in [2.24, 2.45) is 45.8 Å². The molecule has 8 rings (SSSR count). The van der Waals surface area contributed by atoms with Gasteiger partial charge in [-0.2, -0.15) is 0 Å². The van der Waals surface area contributed by atoms with Crippen LogP contribution in [0.2, 0.25) is 0 Å². The molecule has 8 aliphatic rings.